The van der Waals surface area contributed by atoms with Crippen molar-refractivity contribution in [2.45, 2.75) is 71.2 Å². The van der Waals surface area contributed by atoms with E-state index in [1.165, 1.54) is 16.6 Å². The van der Waals surface area contributed by atoms with E-state index in [1.54, 1.807) is 41.5 Å². The van der Waals surface area contributed by atoms with Gasteiger partial charge in [-0.05, 0) is 53.9 Å². The van der Waals surface area contributed by atoms with Gasteiger partial charge in [0.1, 0.15) is 29.1 Å². The summed E-state index contributed by atoms with van der Waals surface area (Å²) in [5.74, 6) is 1.43. The molecule has 0 radical (unpaired) electrons. The molecule has 33 heavy (non-hydrogen) atoms. The number of alkyl halides is 1. The van der Waals surface area contributed by atoms with E-state index in [9.17, 15) is 18.8 Å². The highest BCUT2D eigenvalue weighted by Crippen LogP contribution is 2.35. The average molecular weight is 466 g/mol. The van der Waals surface area contributed by atoms with Crippen molar-refractivity contribution in [3.63, 3.8) is 0 Å². The molecule has 0 spiro atoms. The van der Waals surface area contributed by atoms with E-state index in [4.69, 9.17) is 21.6 Å². The van der Waals surface area contributed by atoms with Crippen LogP contribution in [0.1, 0.15) is 70.1 Å². The second-order valence-corrected chi connectivity index (χ2v) is 9.87. The Morgan fingerprint density at radius 1 is 1.21 bits per heavy atom. The molecule has 1 saturated heterocycles. The van der Waals surface area contributed by atoms with E-state index in [-0.39, 0.29) is 30.0 Å². The topological polar surface area (TPSA) is 120 Å². The van der Waals surface area contributed by atoms with E-state index >= 15 is 0 Å². The number of ether oxygens (including phenoxy) is 2. The number of likely N-dealkylation sites (tertiary alicyclic amines) is 1. The van der Waals surface area contributed by atoms with Gasteiger partial charge in [0.15, 0.2) is 5.82 Å². The van der Waals surface area contributed by atoms with Gasteiger partial charge in [0.2, 0.25) is 0 Å². The summed E-state index contributed by atoms with van der Waals surface area (Å²) in [5, 5.41) is 4.30. The third-order valence-electron chi connectivity index (χ3n) is 4.80. The maximum atomic E-state index is 13.8. The minimum absolute atomic E-state index is 0.0124. The van der Waals surface area contributed by atoms with Gasteiger partial charge in [0, 0.05) is 13.6 Å². The minimum atomic E-state index is -0.886. The van der Waals surface area contributed by atoms with Gasteiger partial charge in [-0.2, -0.15) is 5.10 Å². The Labute approximate surface area is 193 Å². The number of rotatable bonds is 4. The number of terminal acetylenes is 1. The van der Waals surface area contributed by atoms with E-state index in [0.717, 1.165) is 4.90 Å². The largest absolute Gasteiger partial charge is 0.444 e. The molecule has 2 heterocycles. The van der Waals surface area contributed by atoms with Crippen LogP contribution in [0.25, 0.3) is 0 Å². The molecule has 0 aliphatic carbocycles. The summed E-state index contributed by atoms with van der Waals surface area (Å²) in [6.45, 7) is 9.44. The number of anilines is 1. The van der Waals surface area contributed by atoms with Gasteiger partial charge in [0.05, 0.1) is 12.1 Å². The molecule has 0 saturated carbocycles. The van der Waals surface area contributed by atoms with Crippen molar-refractivity contribution in [1.29, 1.82) is 0 Å². The fourth-order valence-corrected chi connectivity index (χ4v) is 3.51. The smallest absolute Gasteiger partial charge is 0.415 e. The first-order valence-electron chi connectivity index (χ1n) is 10.5. The molecule has 0 aromatic carbocycles. The summed E-state index contributed by atoms with van der Waals surface area (Å²) in [4.78, 5) is 40.0. The van der Waals surface area contributed by atoms with Crippen LogP contribution >= 0.6 is 0 Å². The van der Waals surface area contributed by atoms with Crippen LogP contribution in [0, 0.1) is 12.3 Å². The van der Waals surface area contributed by atoms with Crippen LogP contribution in [0.15, 0.2) is 0 Å². The zero-order valence-corrected chi connectivity index (χ0v) is 20.1. The van der Waals surface area contributed by atoms with Crippen LogP contribution < -0.4 is 10.6 Å². The zero-order chi connectivity index (χ0) is 25.3. The highest BCUT2D eigenvalue weighted by molar-refractivity contribution is 6.03. The second kappa shape index (κ2) is 9.29. The van der Waals surface area contributed by atoms with E-state index in [0.29, 0.717) is 0 Å². The maximum absolute atomic E-state index is 13.8. The Hall–Kier alpha value is -3.29. The van der Waals surface area contributed by atoms with Gasteiger partial charge >= 0.3 is 12.2 Å². The Morgan fingerprint density at radius 3 is 2.24 bits per heavy atom. The van der Waals surface area contributed by atoms with Crippen molar-refractivity contribution in [2.24, 2.45) is 5.73 Å². The van der Waals surface area contributed by atoms with Crippen molar-refractivity contribution in [3.05, 3.63) is 11.3 Å². The molecule has 182 valence electrons. The third kappa shape index (κ3) is 5.94. The van der Waals surface area contributed by atoms with Crippen LogP contribution in [0.4, 0.5) is 19.8 Å². The number of primary amides is 1. The van der Waals surface area contributed by atoms with Crippen molar-refractivity contribution in [1.82, 2.24) is 14.7 Å². The van der Waals surface area contributed by atoms with Crippen molar-refractivity contribution in [2.75, 3.05) is 25.2 Å². The van der Waals surface area contributed by atoms with Gasteiger partial charge in [-0.1, -0.05) is 0 Å². The van der Waals surface area contributed by atoms with Gasteiger partial charge in [-0.25, -0.2) is 18.7 Å². The lowest BCUT2D eigenvalue weighted by atomic mass is 10.1. The summed E-state index contributed by atoms with van der Waals surface area (Å²) >= 11 is 0. The lowest BCUT2D eigenvalue weighted by Crippen LogP contribution is -2.41. The predicted molar refractivity (Wildman–Crippen MR) is 120 cm³/mol. The number of aromatic nitrogens is 2. The number of carbonyl (C=O) groups is 3. The Bertz CT molecular complexity index is 970. The second-order valence-electron chi connectivity index (χ2n) is 9.87. The zero-order valence-electron chi connectivity index (χ0n) is 20.1. The highest BCUT2D eigenvalue weighted by Gasteiger charge is 2.41. The van der Waals surface area contributed by atoms with Crippen molar-refractivity contribution < 1.29 is 28.2 Å². The standard InChI is InChI=1S/C22H32FN5O5/c1-9-15-16(17(24)29)18(26(8)19(30)32-21(2,3)4)28(25-15)14-10-13(11-23)27(12-14)20(31)33-22(5,6)7/h1,13-14H,10-12H2,2-8H3,(H2,24,29). The molecule has 1 fully saturated rings. The monoisotopic (exact) mass is 465 g/mol. The molecule has 1 aliphatic rings. The first-order chi connectivity index (χ1) is 15.1. The SMILES string of the molecule is C#Cc1nn(C2CC(CF)N(C(=O)OC(C)(C)C)C2)c(N(C)C(=O)OC(C)(C)C)c1C(N)=O. The summed E-state index contributed by atoms with van der Waals surface area (Å²) in [6, 6.07) is -1.38. The van der Waals surface area contributed by atoms with E-state index < -0.39 is 48.1 Å². The van der Waals surface area contributed by atoms with Crippen LogP contribution in [-0.4, -0.2) is 70.3 Å². The van der Waals surface area contributed by atoms with E-state index in [2.05, 4.69) is 11.0 Å². The number of hydrogen-bond acceptors (Lipinski definition) is 6. The molecule has 2 N–H and O–H groups in total. The highest BCUT2D eigenvalue weighted by atomic mass is 19.1. The molecule has 3 amide bonds. The molecule has 1 aliphatic heterocycles. The average Bonchev–Trinajstić information content (AvgIpc) is 3.25. The summed E-state index contributed by atoms with van der Waals surface area (Å²) in [7, 11) is 1.39. The number of halogens is 1. The minimum Gasteiger partial charge on any atom is -0.444 e. The molecular formula is C22H32FN5O5. The van der Waals surface area contributed by atoms with Crippen LogP contribution in [0.5, 0.6) is 0 Å². The first kappa shape index (κ1) is 26.0. The lowest BCUT2D eigenvalue weighted by molar-refractivity contribution is 0.0202. The van der Waals surface area contributed by atoms with Gasteiger partial charge < -0.3 is 20.1 Å². The molecular weight excluding hydrogens is 433 g/mol. The predicted octanol–water partition coefficient (Wildman–Crippen LogP) is 2.85. The Kier molecular flexibility index (Phi) is 7.31. The Balaban J connectivity index is 2.52. The maximum Gasteiger partial charge on any atom is 0.415 e. The Morgan fingerprint density at radius 2 is 1.79 bits per heavy atom. The molecule has 2 rings (SSSR count). The van der Waals surface area contributed by atoms with E-state index in [1.807, 2.05) is 0 Å². The molecule has 2 unspecified atom stereocenters. The fourth-order valence-electron chi connectivity index (χ4n) is 3.51. The van der Waals surface area contributed by atoms with Crippen LogP contribution in [0.3, 0.4) is 0 Å². The quantitative estimate of drug-likeness (QED) is 0.683. The van der Waals surface area contributed by atoms with Gasteiger partial charge in [-0.3, -0.25) is 9.69 Å². The van der Waals surface area contributed by atoms with Crippen LogP contribution in [0.2, 0.25) is 0 Å². The number of nitrogens with zero attached hydrogens (tertiary/aromatic N) is 4. The first-order valence-corrected chi connectivity index (χ1v) is 10.5. The summed E-state index contributed by atoms with van der Waals surface area (Å²) in [5.41, 5.74) is 3.77. The van der Waals surface area contributed by atoms with Crippen LogP contribution in [-0.2, 0) is 9.47 Å². The number of nitrogens with two attached hydrogens (primary N) is 1. The molecule has 2 atom stereocenters. The van der Waals surface area contributed by atoms with Gasteiger partial charge in [-0.15, -0.1) is 6.42 Å². The van der Waals surface area contributed by atoms with Crippen molar-refractivity contribution >= 4 is 23.9 Å². The number of hydrogen-bond donors (Lipinski definition) is 1. The molecule has 0 bridgehead atoms. The molecule has 1 aromatic heterocycles. The third-order valence-corrected chi connectivity index (χ3v) is 4.80. The van der Waals surface area contributed by atoms with Gasteiger partial charge in [0.25, 0.3) is 5.91 Å². The molecule has 1 aromatic rings. The lowest BCUT2D eigenvalue weighted by Gasteiger charge is -2.27. The number of carbonyl (C=O) groups excluding carboxylic acids is 3. The number of amides is 3. The molecule has 11 heteroatoms. The van der Waals surface area contributed by atoms with Crippen molar-refractivity contribution in [3.8, 4) is 12.3 Å². The summed E-state index contributed by atoms with van der Waals surface area (Å²) < 4.78 is 26.0. The summed E-state index contributed by atoms with van der Waals surface area (Å²) in [6.07, 6.45) is 4.26. The fraction of sp³-hybridized carbons (Fsp3) is 0.636. The molecule has 10 nitrogen and oxygen atoms in total. The normalized spacial score (nSPS) is 18.6.